The molecule has 0 saturated heterocycles. The van der Waals surface area contributed by atoms with E-state index in [-0.39, 0.29) is 18.5 Å². The molecule has 0 heterocycles. The van der Waals surface area contributed by atoms with Crippen LogP contribution in [0.25, 0.3) is 0 Å². The van der Waals surface area contributed by atoms with Gasteiger partial charge in [0.25, 0.3) is 0 Å². The number of amides is 2. The largest absolute Gasteiger partial charge is 0.480 e. The summed E-state index contributed by atoms with van der Waals surface area (Å²) in [7, 11) is 0. The average molecular weight is 252 g/mol. The Balaban J connectivity index is 2.54. The number of nitrogens with zero attached hydrogens (tertiary/aromatic N) is 1. The molecule has 1 rings (SSSR count). The molecule has 0 spiro atoms. The zero-order chi connectivity index (χ0) is 13.5. The van der Waals surface area contributed by atoms with Crippen LogP contribution in [0, 0.1) is 12.3 Å². The maximum absolute atomic E-state index is 12.0. The fraction of sp³-hybridized carbons (Fsp3) is 0.692. The predicted molar refractivity (Wildman–Crippen MR) is 68.0 cm³/mol. The molecule has 0 aromatic carbocycles. The van der Waals surface area contributed by atoms with Gasteiger partial charge in [0.2, 0.25) is 0 Å². The molecular weight excluding hydrogens is 232 g/mol. The quantitative estimate of drug-likeness (QED) is 0.673. The van der Waals surface area contributed by atoms with Gasteiger partial charge in [-0.1, -0.05) is 13.3 Å². The molecule has 0 bridgehead atoms. The van der Waals surface area contributed by atoms with Gasteiger partial charge in [0.05, 0.1) is 0 Å². The molecule has 0 radical (unpaired) electrons. The number of hydrogen-bond donors (Lipinski definition) is 2. The maximum atomic E-state index is 12.0. The van der Waals surface area contributed by atoms with Crippen molar-refractivity contribution in [1.82, 2.24) is 10.2 Å². The number of aliphatic carboxylic acids is 1. The Labute approximate surface area is 108 Å². The van der Waals surface area contributed by atoms with Crippen LogP contribution in [-0.2, 0) is 4.79 Å². The van der Waals surface area contributed by atoms with Crippen LogP contribution < -0.4 is 5.32 Å². The third kappa shape index (κ3) is 4.28. The van der Waals surface area contributed by atoms with E-state index in [1.54, 1.807) is 4.90 Å². The smallest absolute Gasteiger partial charge is 0.327 e. The number of carbonyl (C=O) groups is 2. The minimum Gasteiger partial charge on any atom is -0.480 e. The minimum atomic E-state index is -1.09. The first-order valence-electron chi connectivity index (χ1n) is 6.33. The van der Waals surface area contributed by atoms with Gasteiger partial charge in [-0.3, -0.25) is 0 Å². The Kier molecular flexibility index (Phi) is 5.50. The number of urea groups is 1. The van der Waals surface area contributed by atoms with Crippen molar-refractivity contribution in [3.63, 3.8) is 0 Å². The lowest BCUT2D eigenvalue weighted by atomic mass is 10.2. The van der Waals surface area contributed by atoms with Crippen LogP contribution in [0.2, 0.25) is 0 Å². The molecule has 1 saturated carbocycles. The maximum Gasteiger partial charge on any atom is 0.327 e. The van der Waals surface area contributed by atoms with Gasteiger partial charge in [0.15, 0.2) is 0 Å². The van der Waals surface area contributed by atoms with Crippen molar-refractivity contribution in [1.29, 1.82) is 0 Å². The molecule has 5 nitrogen and oxygen atoms in total. The molecule has 2 amide bonds. The summed E-state index contributed by atoms with van der Waals surface area (Å²) < 4.78 is 0. The first-order chi connectivity index (χ1) is 8.60. The average Bonchev–Trinajstić information content (AvgIpc) is 3.13. The first-order valence-corrected chi connectivity index (χ1v) is 6.33. The van der Waals surface area contributed by atoms with E-state index >= 15 is 0 Å². The summed E-state index contributed by atoms with van der Waals surface area (Å²) in [5.41, 5.74) is 0. The van der Waals surface area contributed by atoms with Crippen molar-refractivity contribution in [3.8, 4) is 12.3 Å². The normalized spacial score (nSPS) is 15.6. The Morgan fingerprint density at radius 2 is 2.22 bits per heavy atom. The molecule has 1 aliphatic carbocycles. The van der Waals surface area contributed by atoms with Gasteiger partial charge in [0, 0.05) is 19.0 Å². The number of rotatable bonds is 7. The third-order valence-corrected chi connectivity index (χ3v) is 2.92. The van der Waals surface area contributed by atoms with Crippen molar-refractivity contribution < 1.29 is 14.7 Å². The number of carboxylic acids is 1. The standard InChI is InChI=1S/C13H20N2O3/c1-3-5-9-15(10-7-8-10)13(18)14-11(6-4-2)12(16)17/h2,10-11H,3,5-9H2,1H3,(H,14,18)(H,16,17). The highest BCUT2D eigenvalue weighted by Crippen LogP contribution is 2.27. The second kappa shape index (κ2) is 6.90. The number of nitrogens with one attached hydrogen (secondary N) is 1. The highest BCUT2D eigenvalue weighted by atomic mass is 16.4. The van der Waals surface area contributed by atoms with E-state index in [0.717, 1.165) is 25.7 Å². The van der Waals surface area contributed by atoms with E-state index in [1.807, 2.05) is 0 Å². The summed E-state index contributed by atoms with van der Waals surface area (Å²) in [6.45, 7) is 2.73. The van der Waals surface area contributed by atoms with Crippen molar-refractivity contribution in [2.75, 3.05) is 6.54 Å². The summed E-state index contributed by atoms with van der Waals surface area (Å²) in [5, 5.41) is 11.4. The molecule has 0 aromatic heterocycles. The lowest BCUT2D eigenvalue weighted by Gasteiger charge is -2.24. The molecule has 1 unspecified atom stereocenters. The second-order valence-corrected chi connectivity index (χ2v) is 4.53. The van der Waals surface area contributed by atoms with Crippen LogP contribution in [0.4, 0.5) is 4.79 Å². The monoisotopic (exact) mass is 252 g/mol. The lowest BCUT2D eigenvalue weighted by molar-refractivity contribution is -0.139. The van der Waals surface area contributed by atoms with Gasteiger partial charge in [-0.25, -0.2) is 9.59 Å². The van der Waals surface area contributed by atoms with E-state index in [0.29, 0.717) is 6.54 Å². The van der Waals surface area contributed by atoms with Gasteiger partial charge in [-0.05, 0) is 19.3 Å². The van der Waals surface area contributed by atoms with Crippen molar-refractivity contribution in [2.24, 2.45) is 0 Å². The predicted octanol–water partition coefficient (Wildman–Crippen LogP) is 1.44. The summed E-state index contributed by atoms with van der Waals surface area (Å²) in [6, 6.07) is -1.03. The van der Waals surface area contributed by atoms with Crippen LogP contribution in [0.3, 0.4) is 0 Å². The summed E-state index contributed by atoms with van der Waals surface area (Å²) in [5.74, 6) is 1.18. The fourth-order valence-electron chi connectivity index (χ4n) is 1.71. The number of carbonyl (C=O) groups excluding carboxylic acids is 1. The number of unbranched alkanes of at least 4 members (excludes halogenated alkanes) is 1. The number of hydrogen-bond acceptors (Lipinski definition) is 2. The van der Waals surface area contributed by atoms with Crippen molar-refractivity contribution in [3.05, 3.63) is 0 Å². The van der Waals surface area contributed by atoms with Gasteiger partial charge in [-0.2, -0.15) is 0 Å². The fourth-order valence-corrected chi connectivity index (χ4v) is 1.71. The second-order valence-electron chi connectivity index (χ2n) is 4.53. The molecule has 1 aliphatic rings. The van der Waals surface area contributed by atoms with Gasteiger partial charge in [-0.15, -0.1) is 12.3 Å². The molecule has 18 heavy (non-hydrogen) atoms. The SMILES string of the molecule is C#CCC(NC(=O)N(CCCC)C1CC1)C(=O)O. The molecule has 0 aliphatic heterocycles. The van der Waals surface area contributed by atoms with E-state index in [4.69, 9.17) is 11.5 Å². The van der Waals surface area contributed by atoms with Crippen LogP contribution in [-0.4, -0.2) is 40.6 Å². The number of carboxylic acid groups (broad SMARTS) is 1. The Morgan fingerprint density at radius 1 is 1.56 bits per heavy atom. The molecule has 0 aromatic rings. The third-order valence-electron chi connectivity index (χ3n) is 2.92. The Hall–Kier alpha value is -1.70. The number of terminal acetylenes is 1. The summed E-state index contributed by atoms with van der Waals surface area (Å²) >= 11 is 0. The molecule has 5 heteroatoms. The molecule has 1 fully saturated rings. The van der Waals surface area contributed by atoms with Gasteiger partial charge in [0.1, 0.15) is 6.04 Å². The first kappa shape index (κ1) is 14.4. The van der Waals surface area contributed by atoms with Gasteiger partial charge < -0.3 is 15.3 Å². The topological polar surface area (TPSA) is 69.6 Å². The van der Waals surface area contributed by atoms with E-state index < -0.39 is 12.0 Å². The van der Waals surface area contributed by atoms with E-state index in [2.05, 4.69) is 18.2 Å². The zero-order valence-corrected chi connectivity index (χ0v) is 10.7. The van der Waals surface area contributed by atoms with Crippen LogP contribution >= 0.6 is 0 Å². The Morgan fingerprint density at radius 3 is 2.67 bits per heavy atom. The highest BCUT2D eigenvalue weighted by Gasteiger charge is 2.33. The molecule has 2 N–H and O–H groups in total. The minimum absolute atomic E-state index is 0.00730. The van der Waals surface area contributed by atoms with E-state index in [1.165, 1.54) is 0 Å². The molecular formula is C13H20N2O3. The molecule has 100 valence electrons. The zero-order valence-electron chi connectivity index (χ0n) is 10.7. The van der Waals surface area contributed by atoms with E-state index in [9.17, 15) is 9.59 Å². The Bertz CT molecular complexity index is 345. The highest BCUT2D eigenvalue weighted by molar-refractivity contribution is 5.83. The lowest BCUT2D eigenvalue weighted by Crippen LogP contribution is -2.48. The summed E-state index contributed by atoms with van der Waals surface area (Å²) in [6.07, 6.45) is 9.04. The summed E-state index contributed by atoms with van der Waals surface area (Å²) in [4.78, 5) is 24.7. The van der Waals surface area contributed by atoms with Crippen LogP contribution in [0.1, 0.15) is 39.0 Å². The van der Waals surface area contributed by atoms with Gasteiger partial charge >= 0.3 is 12.0 Å². The molecule has 1 atom stereocenters. The van der Waals surface area contributed by atoms with Crippen LogP contribution in [0.15, 0.2) is 0 Å². The van der Waals surface area contributed by atoms with Crippen molar-refractivity contribution >= 4 is 12.0 Å². The van der Waals surface area contributed by atoms with Crippen molar-refractivity contribution in [2.45, 2.75) is 51.1 Å². The van der Waals surface area contributed by atoms with Crippen LogP contribution in [0.5, 0.6) is 0 Å².